The molecule has 0 amide bonds. The van der Waals surface area contributed by atoms with Crippen LogP contribution in [-0.2, 0) is 0 Å². The maximum Gasteiger partial charge on any atom is 0.327 e. The van der Waals surface area contributed by atoms with Gasteiger partial charge < -0.3 is 5.73 Å². The molecule has 1 rings (SSSR count). The first-order valence-corrected chi connectivity index (χ1v) is 4.03. The van der Waals surface area contributed by atoms with Gasteiger partial charge in [0.05, 0.1) is 0 Å². The number of aromatic nitrogens is 2. The molecule has 0 saturated carbocycles. The van der Waals surface area contributed by atoms with Gasteiger partial charge in [-0.15, -0.1) is 11.8 Å². The number of nitrogen functional groups attached to an aromatic ring is 1. The van der Waals surface area contributed by atoms with E-state index in [-0.39, 0.29) is 5.82 Å². The molecule has 4 N–H and O–H groups in total. The third-order valence-corrected chi connectivity index (χ3v) is 1.94. The molecule has 5 nitrogen and oxygen atoms in total. The summed E-state index contributed by atoms with van der Waals surface area (Å²) in [6.07, 6.45) is 1.71. The molecular formula is C5H7N3O2S. The third kappa shape index (κ3) is 1.45. The second kappa shape index (κ2) is 2.83. The van der Waals surface area contributed by atoms with Crippen molar-refractivity contribution in [2.75, 3.05) is 12.0 Å². The zero-order valence-electron chi connectivity index (χ0n) is 5.80. The third-order valence-electron chi connectivity index (χ3n) is 1.13. The van der Waals surface area contributed by atoms with Gasteiger partial charge in [-0.2, -0.15) is 0 Å². The molecule has 0 atom stereocenters. The first-order valence-electron chi connectivity index (χ1n) is 2.81. The Labute approximate surface area is 66.0 Å². The zero-order valence-corrected chi connectivity index (χ0v) is 6.62. The quantitative estimate of drug-likeness (QED) is 0.493. The predicted molar refractivity (Wildman–Crippen MR) is 43.9 cm³/mol. The van der Waals surface area contributed by atoms with Crippen LogP contribution in [0.4, 0.5) is 5.82 Å². The minimum Gasteiger partial charge on any atom is -0.384 e. The van der Waals surface area contributed by atoms with Gasteiger partial charge in [0.15, 0.2) is 0 Å². The maximum atomic E-state index is 10.9. The summed E-state index contributed by atoms with van der Waals surface area (Å²) in [4.78, 5) is 26.2. The number of hydrogen-bond acceptors (Lipinski definition) is 4. The Morgan fingerprint density at radius 1 is 1.36 bits per heavy atom. The number of nitrogens with two attached hydrogens (primary N) is 1. The molecule has 0 radical (unpaired) electrons. The fraction of sp³-hybridized carbons (Fsp3) is 0.200. The number of thioether (sulfide) groups is 1. The van der Waals surface area contributed by atoms with E-state index in [2.05, 4.69) is 9.97 Å². The van der Waals surface area contributed by atoms with Crippen molar-refractivity contribution in [3.05, 3.63) is 20.8 Å². The predicted octanol–water partition coefficient (Wildman–Crippen LogP) is -0.633. The minimum absolute atomic E-state index is 0.117. The fourth-order valence-electron chi connectivity index (χ4n) is 0.695. The number of nitrogens with one attached hydrogen (secondary N) is 2. The van der Waals surface area contributed by atoms with E-state index >= 15 is 0 Å². The molecule has 0 aromatic carbocycles. The second-order valence-electron chi connectivity index (χ2n) is 1.86. The summed E-state index contributed by atoms with van der Waals surface area (Å²) in [5.41, 5.74) is 4.31. The summed E-state index contributed by atoms with van der Waals surface area (Å²) >= 11 is 1.19. The molecule has 0 aliphatic heterocycles. The van der Waals surface area contributed by atoms with Gasteiger partial charge in [0.2, 0.25) is 0 Å². The lowest BCUT2D eigenvalue weighted by Crippen LogP contribution is -2.24. The van der Waals surface area contributed by atoms with Crippen molar-refractivity contribution >= 4 is 17.6 Å². The van der Waals surface area contributed by atoms with Gasteiger partial charge in [-0.25, -0.2) is 4.79 Å². The summed E-state index contributed by atoms with van der Waals surface area (Å²) in [5, 5.41) is 0. The molecule has 0 aliphatic carbocycles. The van der Waals surface area contributed by atoms with Crippen molar-refractivity contribution in [1.29, 1.82) is 0 Å². The van der Waals surface area contributed by atoms with Crippen LogP contribution in [0, 0.1) is 0 Å². The Hall–Kier alpha value is -1.17. The number of hydrogen-bond donors (Lipinski definition) is 3. The summed E-state index contributed by atoms with van der Waals surface area (Å²) in [6, 6.07) is 0. The first kappa shape index (κ1) is 7.93. The smallest absolute Gasteiger partial charge is 0.327 e. The molecule has 0 saturated heterocycles. The van der Waals surface area contributed by atoms with Crippen LogP contribution in [0.3, 0.4) is 0 Å². The molecule has 0 unspecified atom stereocenters. The Morgan fingerprint density at radius 3 is 2.45 bits per heavy atom. The minimum atomic E-state index is -0.578. The first-order chi connectivity index (χ1) is 5.15. The highest BCUT2D eigenvalue weighted by molar-refractivity contribution is 7.98. The van der Waals surface area contributed by atoms with Crippen LogP contribution < -0.4 is 17.0 Å². The number of rotatable bonds is 1. The molecule has 0 bridgehead atoms. The molecule has 1 aromatic heterocycles. The summed E-state index contributed by atoms with van der Waals surface area (Å²) in [7, 11) is 0. The van der Waals surface area contributed by atoms with Crippen LogP contribution in [0.2, 0.25) is 0 Å². The summed E-state index contributed by atoms with van der Waals surface area (Å²) < 4.78 is 0. The average molecular weight is 173 g/mol. The van der Waals surface area contributed by atoms with E-state index in [4.69, 9.17) is 5.73 Å². The molecule has 11 heavy (non-hydrogen) atoms. The van der Waals surface area contributed by atoms with Crippen LogP contribution in [-0.4, -0.2) is 16.2 Å². The van der Waals surface area contributed by atoms with Crippen molar-refractivity contribution in [3.8, 4) is 0 Å². The zero-order chi connectivity index (χ0) is 8.43. The molecule has 0 spiro atoms. The van der Waals surface area contributed by atoms with Gasteiger partial charge in [0.25, 0.3) is 5.56 Å². The second-order valence-corrected chi connectivity index (χ2v) is 2.67. The topological polar surface area (TPSA) is 91.7 Å². The van der Waals surface area contributed by atoms with Gasteiger partial charge in [0.1, 0.15) is 10.7 Å². The largest absolute Gasteiger partial charge is 0.384 e. The Balaban J connectivity index is 3.49. The number of aromatic amines is 2. The number of H-pyrrole nitrogens is 2. The molecule has 0 aliphatic rings. The summed E-state index contributed by atoms with van der Waals surface area (Å²) in [5.74, 6) is 0.117. The van der Waals surface area contributed by atoms with Crippen molar-refractivity contribution in [2.45, 2.75) is 4.90 Å². The summed E-state index contributed by atoms with van der Waals surface area (Å²) in [6.45, 7) is 0. The van der Waals surface area contributed by atoms with Gasteiger partial charge in [-0.1, -0.05) is 0 Å². The van der Waals surface area contributed by atoms with Gasteiger partial charge >= 0.3 is 5.69 Å². The monoisotopic (exact) mass is 173 g/mol. The van der Waals surface area contributed by atoms with Crippen molar-refractivity contribution in [2.24, 2.45) is 0 Å². The lowest BCUT2D eigenvalue weighted by atomic mass is 10.6. The van der Waals surface area contributed by atoms with E-state index in [1.54, 1.807) is 6.26 Å². The van der Waals surface area contributed by atoms with Crippen molar-refractivity contribution < 1.29 is 0 Å². The Bertz CT molecular complexity index is 367. The van der Waals surface area contributed by atoms with Crippen LogP contribution in [0.1, 0.15) is 0 Å². The van der Waals surface area contributed by atoms with E-state index < -0.39 is 11.2 Å². The SMILES string of the molecule is CSc1c(N)[nH]c(=O)[nH]c1=O. The highest BCUT2D eigenvalue weighted by atomic mass is 32.2. The highest BCUT2D eigenvalue weighted by Crippen LogP contribution is 2.12. The molecule has 60 valence electrons. The van der Waals surface area contributed by atoms with Crippen LogP contribution >= 0.6 is 11.8 Å². The fourth-order valence-corrected chi connectivity index (χ4v) is 1.20. The van der Waals surface area contributed by atoms with E-state index in [9.17, 15) is 9.59 Å². The van der Waals surface area contributed by atoms with Gasteiger partial charge in [-0.05, 0) is 6.26 Å². The van der Waals surface area contributed by atoms with Gasteiger partial charge in [0, 0.05) is 0 Å². The van der Waals surface area contributed by atoms with Crippen molar-refractivity contribution in [3.63, 3.8) is 0 Å². The van der Waals surface area contributed by atoms with Crippen LogP contribution in [0.15, 0.2) is 14.5 Å². The molecule has 6 heteroatoms. The van der Waals surface area contributed by atoms with E-state index in [1.165, 1.54) is 11.8 Å². The standard InChI is InChI=1S/C5H7N3O2S/c1-11-2-3(6)7-5(10)8-4(2)9/h1H3,(H4,6,7,8,9,10). The number of anilines is 1. The van der Waals surface area contributed by atoms with E-state index in [0.29, 0.717) is 4.90 Å². The lowest BCUT2D eigenvalue weighted by Gasteiger charge is -1.97. The highest BCUT2D eigenvalue weighted by Gasteiger charge is 2.02. The van der Waals surface area contributed by atoms with Gasteiger partial charge in [-0.3, -0.25) is 14.8 Å². The van der Waals surface area contributed by atoms with E-state index in [0.717, 1.165) is 0 Å². The van der Waals surface area contributed by atoms with Crippen LogP contribution in [0.5, 0.6) is 0 Å². The normalized spacial score (nSPS) is 9.91. The van der Waals surface area contributed by atoms with Crippen molar-refractivity contribution in [1.82, 2.24) is 9.97 Å². The molecule has 0 fully saturated rings. The maximum absolute atomic E-state index is 10.9. The Morgan fingerprint density at radius 2 is 2.00 bits per heavy atom. The van der Waals surface area contributed by atoms with E-state index in [1.807, 2.05) is 0 Å². The lowest BCUT2D eigenvalue weighted by molar-refractivity contribution is 0.990. The average Bonchev–Trinajstić information content (AvgIpc) is 1.85. The Kier molecular flexibility index (Phi) is 2.04. The molecular weight excluding hydrogens is 166 g/mol. The molecule has 1 aromatic rings. The van der Waals surface area contributed by atoms with Crippen LogP contribution in [0.25, 0.3) is 0 Å². The molecule has 1 heterocycles.